The van der Waals surface area contributed by atoms with Crippen molar-refractivity contribution in [2.24, 2.45) is 0 Å². The number of aromatic hydroxyl groups is 1. The summed E-state index contributed by atoms with van der Waals surface area (Å²) in [5.41, 5.74) is 3.51. The van der Waals surface area contributed by atoms with Crippen LogP contribution in [0, 0.1) is 0 Å². The fraction of sp³-hybridized carbons (Fsp3) is 0.552. The normalized spacial score (nSPS) is 11.9. The number of carbonyl (C=O) groups excluding carboxylic acids is 1. The number of nitrogens with one attached hydrogen (secondary N) is 3. The molecule has 0 fully saturated rings. The van der Waals surface area contributed by atoms with Crippen LogP contribution in [0.1, 0.15) is 73.8 Å². The highest BCUT2D eigenvalue weighted by atomic mass is 16.5. The lowest BCUT2D eigenvalue weighted by molar-refractivity contribution is 0.126. The number of urea groups is 1. The summed E-state index contributed by atoms with van der Waals surface area (Å²) in [6.07, 6.45) is 6.80. The Balaban J connectivity index is 1.42. The van der Waals surface area contributed by atoms with E-state index in [1.807, 2.05) is 19.1 Å². The molecular formula is C29H45N3O5. The molecule has 0 aliphatic rings. The van der Waals surface area contributed by atoms with Crippen LogP contribution in [-0.4, -0.2) is 54.2 Å². The van der Waals surface area contributed by atoms with Gasteiger partial charge in [0.15, 0.2) is 0 Å². The van der Waals surface area contributed by atoms with Gasteiger partial charge < -0.3 is 36.0 Å². The molecule has 6 N–H and O–H groups in total. The molecule has 206 valence electrons. The number of aliphatic hydroxyl groups excluding tert-OH is 2. The molecule has 2 amide bonds. The number of amides is 2. The third kappa shape index (κ3) is 12.9. The van der Waals surface area contributed by atoms with E-state index in [0.29, 0.717) is 30.8 Å². The molecule has 8 heteroatoms. The van der Waals surface area contributed by atoms with Gasteiger partial charge >= 0.3 is 6.03 Å². The number of aliphatic hydroxyl groups is 2. The van der Waals surface area contributed by atoms with Crippen LogP contribution in [0.25, 0.3) is 0 Å². The van der Waals surface area contributed by atoms with Gasteiger partial charge in [-0.3, -0.25) is 0 Å². The molecule has 1 atom stereocenters. The van der Waals surface area contributed by atoms with Crippen LogP contribution in [0.4, 0.5) is 4.79 Å². The van der Waals surface area contributed by atoms with Crippen molar-refractivity contribution >= 4 is 6.03 Å². The predicted octanol–water partition coefficient (Wildman–Crippen LogP) is 3.93. The molecule has 37 heavy (non-hydrogen) atoms. The van der Waals surface area contributed by atoms with Gasteiger partial charge in [-0.1, -0.05) is 43.2 Å². The van der Waals surface area contributed by atoms with Crippen molar-refractivity contribution in [2.45, 2.75) is 71.1 Å². The van der Waals surface area contributed by atoms with E-state index in [2.05, 4.69) is 28.1 Å². The highest BCUT2D eigenvalue weighted by Gasteiger charge is 2.10. The van der Waals surface area contributed by atoms with Gasteiger partial charge in [0.25, 0.3) is 0 Å². The topological polar surface area (TPSA) is 123 Å². The van der Waals surface area contributed by atoms with Crippen LogP contribution < -0.4 is 16.0 Å². The van der Waals surface area contributed by atoms with Crippen molar-refractivity contribution in [2.75, 3.05) is 32.8 Å². The molecule has 8 nitrogen and oxygen atoms in total. The third-order valence-electron chi connectivity index (χ3n) is 6.17. The molecule has 2 rings (SSSR count). The first-order chi connectivity index (χ1) is 18.0. The molecule has 0 saturated carbocycles. The van der Waals surface area contributed by atoms with Gasteiger partial charge in [0.2, 0.25) is 0 Å². The van der Waals surface area contributed by atoms with Crippen molar-refractivity contribution < 1.29 is 24.9 Å². The lowest BCUT2D eigenvalue weighted by Gasteiger charge is -2.14. The first-order valence-corrected chi connectivity index (χ1v) is 13.5. The largest absolute Gasteiger partial charge is 0.508 e. The Morgan fingerprint density at radius 1 is 0.946 bits per heavy atom. The number of unbranched alkanes of at least 4 members (excludes halogenated alkanes) is 4. The number of ether oxygens (including phenoxy) is 1. The fourth-order valence-electron chi connectivity index (χ4n) is 4.04. The molecule has 0 saturated heterocycles. The summed E-state index contributed by atoms with van der Waals surface area (Å²) in [7, 11) is 0. The van der Waals surface area contributed by atoms with Crippen LogP contribution in [0.3, 0.4) is 0 Å². The zero-order chi connectivity index (χ0) is 26.7. The number of hydrogen-bond acceptors (Lipinski definition) is 6. The first-order valence-electron chi connectivity index (χ1n) is 13.5. The van der Waals surface area contributed by atoms with Crippen LogP contribution >= 0.6 is 0 Å². The van der Waals surface area contributed by atoms with Crippen molar-refractivity contribution in [1.82, 2.24) is 16.0 Å². The standard InChI is InChI=1S/C29H45N3O5/c1-2-31-29(36)32-20-24-12-9-11-23(18-24)10-5-8-17-37-16-7-4-3-6-15-30-21-28(35)25-13-14-27(34)26(19-25)22-33/h9,11-14,18-19,28,30,33-35H,2-8,10,15-17,20-22H2,1H3,(H2,31,32,36)/t28-/m1/s1. The monoisotopic (exact) mass is 515 g/mol. The Labute approximate surface area is 221 Å². The summed E-state index contributed by atoms with van der Waals surface area (Å²) < 4.78 is 5.78. The highest BCUT2D eigenvalue weighted by Crippen LogP contribution is 2.22. The molecule has 0 radical (unpaired) electrons. The van der Waals surface area contributed by atoms with E-state index in [0.717, 1.165) is 70.3 Å². The van der Waals surface area contributed by atoms with Crippen LogP contribution in [0.15, 0.2) is 42.5 Å². The molecule has 0 aliphatic carbocycles. The minimum atomic E-state index is -0.668. The lowest BCUT2D eigenvalue weighted by Crippen LogP contribution is -2.34. The van der Waals surface area contributed by atoms with Crippen molar-refractivity contribution in [3.63, 3.8) is 0 Å². The van der Waals surface area contributed by atoms with Gasteiger partial charge in [-0.25, -0.2) is 4.79 Å². The maximum absolute atomic E-state index is 11.5. The minimum absolute atomic E-state index is 0.0428. The second-order valence-electron chi connectivity index (χ2n) is 9.28. The number of benzene rings is 2. The van der Waals surface area contributed by atoms with E-state index in [4.69, 9.17) is 4.74 Å². The number of phenols is 1. The second-order valence-corrected chi connectivity index (χ2v) is 9.28. The van der Waals surface area contributed by atoms with Gasteiger partial charge in [-0.05, 0) is 74.4 Å². The Morgan fingerprint density at radius 3 is 2.49 bits per heavy atom. The van der Waals surface area contributed by atoms with Crippen molar-refractivity contribution in [1.29, 1.82) is 0 Å². The molecular weight excluding hydrogens is 470 g/mol. The zero-order valence-electron chi connectivity index (χ0n) is 22.2. The second kappa shape index (κ2) is 18.6. The Kier molecular flexibility index (Phi) is 15.3. The maximum atomic E-state index is 11.5. The number of carbonyl (C=O) groups is 1. The molecule has 0 unspecified atom stereocenters. The summed E-state index contributed by atoms with van der Waals surface area (Å²) in [6, 6.07) is 13.0. The van der Waals surface area contributed by atoms with E-state index in [1.165, 1.54) is 11.6 Å². The van der Waals surface area contributed by atoms with Crippen LogP contribution in [0.2, 0.25) is 0 Å². The van der Waals surface area contributed by atoms with E-state index in [9.17, 15) is 20.1 Å². The molecule has 0 bridgehead atoms. The molecule has 2 aromatic carbocycles. The zero-order valence-corrected chi connectivity index (χ0v) is 22.2. The quantitative estimate of drug-likeness (QED) is 0.158. The third-order valence-corrected chi connectivity index (χ3v) is 6.17. The predicted molar refractivity (Wildman–Crippen MR) is 146 cm³/mol. The Hall–Kier alpha value is -2.65. The van der Waals surface area contributed by atoms with Gasteiger partial charge in [0.05, 0.1) is 12.7 Å². The van der Waals surface area contributed by atoms with E-state index >= 15 is 0 Å². The number of rotatable bonds is 19. The SMILES string of the molecule is CCNC(=O)NCc1cccc(CCCCOCCCCCCNC[C@@H](O)c2ccc(O)c(CO)c2)c1. The van der Waals surface area contributed by atoms with Gasteiger partial charge in [-0.15, -0.1) is 0 Å². The number of hydrogen-bond donors (Lipinski definition) is 6. The maximum Gasteiger partial charge on any atom is 0.315 e. The minimum Gasteiger partial charge on any atom is -0.508 e. The summed E-state index contributed by atoms with van der Waals surface area (Å²) in [5, 5.41) is 38.0. The van der Waals surface area contributed by atoms with Crippen LogP contribution in [-0.2, 0) is 24.3 Å². The molecule has 0 aliphatic heterocycles. The van der Waals surface area contributed by atoms with E-state index in [1.54, 1.807) is 12.1 Å². The van der Waals surface area contributed by atoms with Gasteiger partial charge in [0.1, 0.15) is 5.75 Å². The van der Waals surface area contributed by atoms with E-state index in [-0.39, 0.29) is 18.4 Å². The molecule has 0 aromatic heterocycles. The summed E-state index contributed by atoms with van der Waals surface area (Å²) >= 11 is 0. The van der Waals surface area contributed by atoms with Gasteiger partial charge in [-0.2, -0.15) is 0 Å². The number of aryl methyl sites for hydroxylation is 1. The van der Waals surface area contributed by atoms with Crippen molar-refractivity contribution in [3.8, 4) is 5.75 Å². The average Bonchev–Trinajstić information content (AvgIpc) is 2.90. The summed E-state index contributed by atoms with van der Waals surface area (Å²) in [5.74, 6) is 0.0428. The summed E-state index contributed by atoms with van der Waals surface area (Å²) in [4.78, 5) is 11.5. The average molecular weight is 516 g/mol. The molecule has 2 aromatic rings. The molecule has 0 spiro atoms. The first kappa shape index (κ1) is 30.6. The van der Waals surface area contributed by atoms with Gasteiger partial charge in [0, 0.05) is 38.4 Å². The fourth-order valence-corrected chi connectivity index (χ4v) is 4.04. The van der Waals surface area contributed by atoms with Crippen LogP contribution in [0.5, 0.6) is 5.75 Å². The Morgan fingerprint density at radius 2 is 1.70 bits per heavy atom. The smallest absolute Gasteiger partial charge is 0.315 e. The summed E-state index contributed by atoms with van der Waals surface area (Å²) in [6.45, 7) is 5.66. The Bertz CT molecular complexity index is 909. The molecule has 0 heterocycles. The highest BCUT2D eigenvalue weighted by molar-refractivity contribution is 5.73. The lowest BCUT2D eigenvalue weighted by atomic mass is 10.1. The van der Waals surface area contributed by atoms with Crippen molar-refractivity contribution in [3.05, 3.63) is 64.7 Å². The van der Waals surface area contributed by atoms with E-state index < -0.39 is 6.10 Å².